The maximum absolute atomic E-state index is 12.6. The average Bonchev–Trinajstić information content (AvgIpc) is 2.02. The summed E-state index contributed by atoms with van der Waals surface area (Å²) in [4.78, 5) is 10.0. The standard InChI is InChI=1S/C10H17FO2/c1-2-3-4-5-6-7-9(11)8-10(12)13/h8H,2-7H2,1H3,(H,12,13)/b9-8+. The highest BCUT2D eigenvalue weighted by Gasteiger charge is 1.98. The first kappa shape index (κ1) is 12.1. The SMILES string of the molecule is CCCCCCC/C(F)=C\C(=O)O. The van der Waals surface area contributed by atoms with Crippen molar-refractivity contribution in [3.8, 4) is 0 Å². The van der Waals surface area contributed by atoms with Crippen molar-refractivity contribution in [2.75, 3.05) is 0 Å². The van der Waals surface area contributed by atoms with Crippen LogP contribution in [0.1, 0.15) is 45.4 Å². The van der Waals surface area contributed by atoms with Gasteiger partial charge in [-0.25, -0.2) is 9.18 Å². The van der Waals surface area contributed by atoms with Gasteiger partial charge in [0.15, 0.2) is 0 Å². The Morgan fingerprint density at radius 3 is 2.46 bits per heavy atom. The van der Waals surface area contributed by atoms with Gasteiger partial charge in [-0.3, -0.25) is 0 Å². The molecule has 0 aromatic carbocycles. The lowest BCUT2D eigenvalue weighted by molar-refractivity contribution is -0.131. The molecule has 0 atom stereocenters. The summed E-state index contributed by atoms with van der Waals surface area (Å²) >= 11 is 0. The smallest absolute Gasteiger partial charge is 0.330 e. The van der Waals surface area contributed by atoms with Gasteiger partial charge >= 0.3 is 5.97 Å². The number of unbranched alkanes of at least 4 members (excludes halogenated alkanes) is 4. The molecule has 0 unspecified atom stereocenters. The normalized spacial score (nSPS) is 11.7. The molecule has 0 aromatic heterocycles. The zero-order chi connectivity index (χ0) is 10.1. The number of rotatable bonds is 7. The lowest BCUT2D eigenvalue weighted by atomic mass is 10.1. The van der Waals surface area contributed by atoms with Gasteiger partial charge in [0.2, 0.25) is 0 Å². The van der Waals surface area contributed by atoms with E-state index in [1.165, 1.54) is 6.42 Å². The number of carboxylic acid groups (broad SMARTS) is 1. The van der Waals surface area contributed by atoms with Gasteiger partial charge in [0.25, 0.3) is 0 Å². The molecular weight excluding hydrogens is 171 g/mol. The van der Waals surface area contributed by atoms with Crippen LogP contribution in [0.2, 0.25) is 0 Å². The van der Waals surface area contributed by atoms with Crippen LogP contribution < -0.4 is 0 Å². The first-order valence-electron chi connectivity index (χ1n) is 4.75. The number of carboxylic acids is 1. The van der Waals surface area contributed by atoms with E-state index in [4.69, 9.17) is 5.11 Å². The van der Waals surface area contributed by atoms with Gasteiger partial charge in [0.05, 0.1) is 6.08 Å². The second-order valence-electron chi connectivity index (χ2n) is 3.09. The molecule has 0 spiro atoms. The molecule has 0 heterocycles. The molecule has 13 heavy (non-hydrogen) atoms. The van der Waals surface area contributed by atoms with Gasteiger partial charge in [-0.15, -0.1) is 0 Å². The first-order valence-corrected chi connectivity index (χ1v) is 4.75. The highest BCUT2D eigenvalue weighted by Crippen LogP contribution is 2.11. The molecule has 0 amide bonds. The molecule has 0 fully saturated rings. The molecule has 1 N–H and O–H groups in total. The Bertz CT molecular complexity index is 176. The first-order chi connectivity index (χ1) is 6.16. The summed E-state index contributed by atoms with van der Waals surface area (Å²) in [5.74, 6) is -1.73. The summed E-state index contributed by atoms with van der Waals surface area (Å²) in [6.07, 6.45) is 6.06. The van der Waals surface area contributed by atoms with Crippen LogP contribution in [0, 0.1) is 0 Å². The van der Waals surface area contributed by atoms with Crippen LogP contribution in [0.3, 0.4) is 0 Å². The van der Waals surface area contributed by atoms with Crippen LogP contribution >= 0.6 is 0 Å². The van der Waals surface area contributed by atoms with Crippen molar-refractivity contribution in [3.63, 3.8) is 0 Å². The number of aliphatic carboxylic acids is 1. The van der Waals surface area contributed by atoms with Gasteiger partial charge < -0.3 is 5.11 Å². The molecule has 0 radical (unpaired) electrons. The summed E-state index contributed by atoms with van der Waals surface area (Å²) < 4.78 is 12.6. The van der Waals surface area contributed by atoms with Crippen molar-refractivity contribution in [1.82, 2.24) is 0 Å². The predicted molar refractivity (Wildman–Crippen MR) is 50.2 cm³/mol. The molecular formula is C10H17FO2. The third kappa shape index (κ3) is 9.05. The Kier molecular flexibility index (Phi) is 7.26. The average molecular weight is 188 g/mol. The molecule has 0 aliphatic rings. The largest absolute Gasteiger partial charge is 0.478 e. The number of hydrogen-bond acceptors (Lipinski definition) is 1. The van der Waals surface area contributed by atoms with Gasteiger partial charge in [0, 0.05) is 0 Å². The van der Waals surface area contributed by atoms with Crippen LogP contribution in [-0.4, -0.2) is 11.1 Å². The number of allylic oxidation sites excluding steroid dienone is 1. The van der Waals surface area contributed by atoms with Crippen molar-refractivity contribution in [1.29, 1.82) is 0 Å². The fourth-order valence-electron chi connectivity index (χ4n) is 1.10. The van der Waals surface area contributed by atoms with E-state index in [0.717, 1.165) is 25.7 Å². The van der Waals surface area contributed by atoms with Crippen LogP contribution in [0.15, 0.2) is 11.9 Å². The predicted octanol–water partition coefficient (Wildman–Crippen LogP) is 3.28. The van der Waals surface area contributed by atoms with Gasteiger partial charge in [0.1, 0.15) is 5.83 Å². The van der Waals surface area contributed by atoms with Crippen LogP contribution in [0.5, 0.6) is 0 Å². The van der Waals surface area contributed by atoms with Gasteiger partial charge in [-0.2, -0.15) is 0 Å². The number of carbonyl (C=O) groups is 1. The zero-order valence-electron chi connectivity index (χ0n) is 8.05. The topological polar surface area (TPSA) is 37.3 Å². The quantitative estimate of drug-likeness (QED) is 0.491. The lowest BCUT2D eigenvalue weighted by Crippen LogP contribution is -1.89. The maximum atomic E-state index is 12.6. The summed E-state index contributed by atoms with van der Waals surface area (Å²) in [5.41, 5.74) is 0. The maximum Gasteiger partial charge on any atom is 0.330 e. The van der Waals surface area contributed by atoms with Crippen molar-refractivity contribution in [2.24, 2.45) is 0 Å². The molecule has 0 bridgehead atoms. The van der Waals surface area contributed by atoms with Gasteiger partial charge in [-0.05, 0) is 12.8 Å². The van der Waals surface area contributed by atoms with E-state index < -0.39 is 11.8 Å². The third-order valence-corrected chi connectivity index (χ3v) is 1.80. The van der Waals surface area contributed by atoms with E-state index in [0.29, 0.717) is 6.08 Å². The van der Waals surface area contributed by atoms with Crippen molar-refractivity contribution < 1.29 is 14.3 Å². The molecule has 2 nitrogen and oxygen atoms in total. The molecule has 0 aliphatic carbocycles. The zero-order valence-corrected chi connectivity index (χ0v) is 8.05. The van der Waals surface area contributed by atoms with E-state index in [1.807, 2.05) is 0 Å². The fraction of sp³-hybridized carbons (Fsp3) is 0.700. The minimum absolute atomic E-state index is 0.260. The van der Waals surface area contributed by atoms with Crippen LogP contribution in [-0.2, 0) is 4.79 Å². The highest BCUT2D eigenvalue weighted by molar-refractivity contribution is 5.80. The molecule has 3 heteroatoms. The summed E-state index contributed by atoms with van der Waals surface area (Å²) in [6, 6.07) is 0. The Hall–Kier alpha value is -0.860. The molecule has 0 saturated carbocycles. The Balaban J connectivity index is 3.37. The van der Waals surface area contributed by atoms with E-state index in [2.05, 4.69) is 6.92 Å². The Morgan fingerprint density at radius 2 is 1.92 bits per heavy atom. The third-order valence-electron chi connectivity index (χ3n) is 1.80. The Labute approximate surface area is 78.5 Å². The second kappa shape index (κ2) is 7.77. The minimum Gasteiger partial charge on any atom is -0.478 e. The Morgan fingerprint density at radius 1 is 1.31 bits per heavy atom. The summed E-state index contributed by atoms with van der Waals surface area (Å²) in [6.45, 7) is 2.12. The summed E-state index contributed by atoms with van der Waals surface area (Å²) in [7, 11) is 0. The van der Waals surface area contributed by atoms with Crippen molar-refractivity contribution in [2.45, 2.75) is 45.4 Å². The van der Waals surface area contributed by atoms with Gasteiger partial charge in [-0.1, -0.05) is 32.6 Å². The molecule has 0 saturated heterocycles. The van der Waals surface area contributed by atoms with Crippen molar-refractivity contribution in [3.05, 3.63) is 11.9 Å². The molecule has 0 aromatic rings. The number of hydrogen-bond donors (Lipinski definition) is 1. The molecule has 0 aliphatic heterocycles. The van der Waals surface area contributed by atoms with Crippen molar-refractivity contribution >= 4 is 5.97 Å². The van der Waals surface area contributed by atoms with Crippen LogP contribution in [0.4, 0.5) is 4.39 Å². The lowest BCUT2D eigenvalue weighted by Gasteiger charge is -1.97. The highest BCUT2D eigenvalue weighted by atomic mass is 19.1. The second-order valence-corrected chi connectivity index (χ2v) is 3.09. The minimum atomic E-state index is -1.20. The van der Waals surface area contributed by atoms with E-state index >= 15 is 0 Å². The van der Waals surface area contributed by atoms with E-state index in [1.54, 1.807) is 0 Å². The number of halogens is 1. The molecule has 76 valence electrons. The van der Waals surface area contributed by atoms with E-state index in [9.17, 15) is 9.18 Å². The fourth-order valence-corrected chi connectivity index (χ4v) is 1.10. The summed E-state index contributed by atoms with van der Waals surface area (Å²) in [5, 5.41) is 8.21. The monoisotopic (exact) mass is 188 g/mol. The van der Waals surface area contributed by atoms with Crippen LogP contribution in [0.25, 0.3) is 0 Å². The van der Waals surface area contributed by atoms with E-state index in [-0.39, 0.29) is 6.42 Å². The molecule has 0 rings (SSSR count).